The first-order valence-corrected chi connectivity index (χ1v) is 5.68. The predicted molar refractivity (Wildman–Crippen MR) is 67.8 cm³/mol. The summed E-state index contributed by atoms with van der Waals surface area (Å²) in [7, 11) is 0. The van der Waals surface area contributed by atoms with Crippen molar-refractivity contribution < 1.29 is 0 Å². The van der Waals surface area contributed by atoms with E-state index in [9.17, 15) is 0 Å². The first-order valence-electron chi connectivity index (χ1n) is 5.68. The van der Waals surface area contributed by atoms with Crippen molar-refractivity contribution in [1.82, 2.24) is 5.32 Å². The Bertz CT molecular complexity index is 433. The summed E-state index contributed by atoms with van der Waals surface area (Å²) in [6, 6.07) is 6.25. The molecule has 1 aromatic rings. The number of nitrogens with two attached hydrogens (primary N) is 1. The Morgan fingerprint density at radius 2 is 2.12 bits per heavy atom. The number of rotatable bonds is 2. The molecule has 0 aromatic heterocycles. The minimum Gasteiger partial charge on any atom is -0.370 e. The van der Waals surface area contributed by atoms with Gasteiger partial charge >= 0.3 is 0 Å². The van der Waals surface area contributed by atoms with E-state index in [1.54, 1.807) is 0 Å². The lowest BCUT2D eigenvalue weighted by Crippen LogP contribution is -2.47. The molecule has 0 radical (unpaired) electrons. The van der Waals surface area contributed by atoms with Crippen LogP contribution in [0, 0.1) is 13.8 Å². The van der Waals surface area contributed by atoms with Gasteiger partial charge in [-0.05, 0) is 37.5 Å². The van der Waals surface area contributed by atoms with Crippen LogP contribution in [0.15, 0.2) is 23.2 Å². The fourth-order valence-electron chi connectivity index (χ4n) is 2.19. The first-order chi connectivity index (χ1) is 7.53. The van der Waals surface area contributed by atoms with E-state index < -0.39 is 5.54 Å². The largest absolute Gasteiger partial charge is 0.370 e. The molecule has 0 bridgehead atoms. The summed E-state index contributed by atoms with van der Waals surface area (Å²) in [5.74, 6) is 0.904. The summed E-state index contributed by atoms with van der Waals surface area (Å²) in [6.07, 6.45) is 0. The second-order valence-corrected chi connectivity index (χ2v) is 4.61. The summed E-state index contributed by atoms with van der Waals surface area (Å²) in [5, 5.41) is 3.27. The average Bonchev–Trinajstić information content (AvgIpc) is 2.75. The zero-order chi connectivity index (χ0) is 11.8. The molecule has 0 saturated carbocycles. The Labute approximate surface area is 96.8 Å². The molecule has 0 aliphatic carbocycles. The molecule has 1 aliphatic heterocycles. The number of benzene rings is 1. The van der Waals surface area contributed by atoms with Crippen LogP contribution in [0.2, 0.25) is 0 Å². The van der Waals surface area contributed by atoms with Gasteiger partial charge in [0, 0.05) is 6.54 Å². The molecule has 86 valence electrons. The minimum atomic E-state index is -0.507. The van der Waals surface area contributed by atoms with Gasteiger partial charge in [0.1, 0.15) is 5.84 Å². The Balaban J connectivity index is 2.46. The third kappa shape index (κ3) is 1.71. The van der Waals surface area contributed by atoms with Crippen LogP contribution >= 0.6 is 0 Å². The van der Waals surface area contributed by atoms with Crippen molar-refractivity contribution in [2.75, 3.05) is 13.1 Å². The van der Waals surface area contributed by atoms with Gasteiger partial charge in [0.15, 0.2) is 0 Å². The van der Waals surface area contributed by atoms with E-state index >= 15 is 0 Å². The van der Waals surface area contributed by atoms with E-state index in [2.05, 4.69) is 42.4 Å². The van der Waals surface area contributed by atoms with Crippen molar-refractivity contribution in [3.8, 4) is 0 Å². The molecule has 3 heteroatoms. The average molecular weight is 217 g/mol. The zero-order valence-corrected chi connectivity index (χ0v) is 10.2. The Hall–Kier alpha value is -1.35. The molecule has 0 amide bonds. The molecule has 3 nitrogen and oxygen atoms in total. The van der Waals surface area contributed by atoms with Crippen molar-refractivity contribution in [3.05, 3.63) is 34.9 Å². The van der Waals surface area contributed by atoms with Gasteiger partial charge in [0.2, 0.25) is 0 Å². The molecule has 1 aliphatic rings. The molecule has 0 saturated heterocycles. The molecule has 1 aromatic carbocycles. The van der Waals surface area contributed by atoms with Crippen molar-refractivity contribution in [2.24, 2.45) is 10.7 Å². The third-order valence-electron chi connectivity index (χ3n) is 3.33. The van der Waals surface area contributed by atoms with Crippen LogP contribution in [0.1, 0.15) is 23.6 Å². The Morgan fingerprint density at radius 1 is 1.38 bits per heavy atom. The van der Waals surface area contributed by atoms with Crippen LogP contribution in [0.25, 0.3) is 0 Å². The standard InChI is InChI=1S/C13H19N3/c1-9-5-4-6-11(10(9)2)13(3,14)12-15-7-8-16-12/h4-6H,7-8,14H2,1-3H3,(H,15,16). The Kier molecular flexibility index (Phi) is 2.72. The van der Waals surface area contributed by atoms with Gasteiger partial charge in [-0.25, -0.2) is 0 Å². The Morgan fingerprint density at radius 3 is 2.75 bits per heavy atom. The van der Waals surface area contributed by atoms with Crippen LogP contribution in [0.4, 0.5) is 0 Å². The molecule has 1 unspecified atom stereocenters. The van der Waals surface area contributed by atoms with Crippen molar-refractivity contribution in [2.45, 2.75) is 26.3 Å². The molecule has 2 rings (SSSR count). The van der Waals surface area contributed by atoms with E-state index in [1.165, 1.54) is 11.1 Å². The van der Waals surface area contributed by atoms with Crippen LogP contribution in [0.5, 0.6) is 0 Å². The molecule has 0 spiro atoms. The molecule has 0 fully saturated rings. The molecule has 1 atom stereocenters. The first kappa shape index (κ1) is 11.1. The summed E-state index contributed by atoms with van der Waals surface area (Å²) >= 11 is 0. The van der Waals surface area contributed by atoms with Gasteiger partial charge in [0.05, 0.1) is 12.1 Å². The normalized spacial score (nSPS) is 18.9. The lowest BCUT2D eigenvalue weighted by atomic mass is 9.86. The fraction of sp³-hybridized carbons (Fsp3) is 0.462. The van der Waals surface area contributed by atoms with Gasteiger partial charge in [-0.1, -0.05) is 18.2 Å². The minimum absolute atomic E-state index is 0.507. The van der Waals surface area contributed by atoms with Crippen molar-refractivity contribution in [3.63, 3.8) is 0 Å². The van der Waals surface area contributed by atoms with Crippen LogP contribution in [-0.2, 0) is 5.54 Å². The molecule has 3 N–H and O–H groups in total. The molecule has 1 heterocycles. The maximum atomic E-state index is 6.42. The van der Waals surface area contributed by atoms with E-state index in [0.717, 1.165) is 24.5 Å². The monoisotopic (exact) mass is 217 g/mol. The number of aliphatic imine (C=N–C) groups is 1. The zero-order valence-electron chi connectivity index (χ0n) is 10.2. The maximum Gasteiger partial charge on any atom is 0.121 e. The number of amidine groups is 1. The maximum absolute atomic E-state index is 6.42. The number of nitrogens with zero attached hydrogens (tertiary/aromatic N) is 1. The lowest BCUT2D eigenvalue weighted by Gasteiger charge is -2.28. The quantitative estimate of drug-likeness (QED) is 0.788. The summed E-state index contributed by atoms with van der Waals surface area (Å²) in [4.78, 5) is 4.44. The highest BCUT2D eigenvalue weighted by Crippen LogP contribution is 2.25. The summed E-state index contributed by atoms with van der Waals surface area (Å²) < 4.78 is 0. The van der Waals surface area contributed by atoms with Gasteiger partial charge < -0.3 is 11.1 Å². The van der Waals surface area contributed by atoms with Crippen LogP contribution in [-0.4, -0.2) is 18.9 Å². The number of hydrogen-bond donors (Lipinski definition) is 2. The van der Waals surface area contributed by atoms with E-state index in [4.69, 9.17) is 5.73 Å². The third-order valence-corrected chi connectivity index (χ3v) is 3.33. The van der Waals surface area contributed by atoms with Crippen LogP contribution < -0.4 is 11.1 Å². The highest BCUT2D eigenvalue weighted by atomic mass is 15.1. The van der Waals surface area contributed by atoms with Crippen molar-refractivity contribution in [1.29, 1.82) is 0 Å². The van der Waals surface area contributed by atoms with E-state index in [0.29, 0.717) is 0 Å². The SMILES string of the molecule is Cc1cccc(C(C)(N)C2=NCCN2)c1C. The molecule has 16 heavy (non-hydrogen) atoms. The topological polar surface area (TPSA) is 50.4 Å². The summed E-state index contributed by atoms with van der Waals surface area (Å²) in [5.41, 5.74) is 9.59. The fourth-order valence-corrected chi connectivity index (χ4v) is 2.19. The van der Waals surface area contributed by atoms with Gasteiger partial charge in [0.25, 0.3) is 0 Å². The highest BCUT2D eigenvalue weighted by Gasteiger charge is 2.31. The lowest BCUT2D eigenvalue weighted by molar-refractivity contribution is 0.650. The van der Waals surface area contributed by atoms with Crippen molar-refractivity contribution >= 4 is 5.84 Å². The summed E-state index contributed by atoms with van der Waals surface area (Å²) in [6.45, 7) is 7.97. The number of hydrogen-bond acceptors (Lipinski definition) is 3. The van der Waals surface area contributed by atoms with Gasteiger partial charge in [-0.2, -0.15) is 0 Å². The molecular formula is C13H19N3. The highest BCUT2D eigenvalue weighted by molar-refractivity contribution is 5.93. The van der Waals surface area contributed by atoms with Gasteiger partial charge in [-0.3, -0.25) is 4.99 Å². The van der Waals surface area contributed by atoms with Gasteiger partial charge in [-0.15, -0.1) is 0 Å². The second kappa shape index (κ2) is 3.91. The number of aryl methyl sites for hydroxylation is 1. The van der Waals surface area contributed by atoms with Crippen LogP contribution in [0.3, 0.4) is 0 Å². The van der Waals surface area contributed by atoms with E-state index in [1.807, 2.05) is 6.92 Å². The van der Waals surface area contributed by atoms with E-state index in [-0.39, 0.29) is 0 Å². The molecular weight excluding hydrogens is 198 g/mol. The smallest absolute Gasteiger partial charge is 0.121 e. The second-order valence-electron chi connectivity index (χ2n) is 4.61. The number of nitrogens with one attached hydrogen (secondary N) is 1. The predicted octanol–water partition coefficient (Wildman–Crippen LogP) is 1.48.